The molecule has 8 heteroatoms. The van der Waals surface area contributed by atoms with Crippen LogP contribution in [0.3, 0.4) is 0 Å². The van der Waals surface area contributed by atoms with E-state index in [1.807, 2.05) is 6.92 Å². The number of hydrogen-bond acceptors (Lipinski definition) is 6. The number of nitrogens with zero attached hydrogens (tertiary/aromatic N) is 1. The maximum atomic E-state index is 13.2. The van der Waals surface area contributed by atoms with Crippen molar-refractivity contribution < 1.29 is 22.7 Å². The Labute approximate surface area is 226 Å². The second-order valence-electron chi connectivity index (χ2n) is 11.0. The lowest BCUT2D eigenvalue weighted by Crippen LogP contribution is -2.43. The first kappa shape index (κ1) is 28.4. The molecule has 0 spiro atoms. The molecule has 1 heterocycles. The van der Waals surface area contributed by atoms with E-state index in [0.717, 1.165) is 43.4 Å². The fourth-order valence-electron chi connectivity index (χ4n) is 6.00. The molecule has 0 amide bonds. The molecule has 206 valence electrons. The van der Waals surface area contributed by atoms with Crippen LogP contribution in [0.1, 0.15) is 79.1 Å². The SMILES string of the molecule is CCOC(=O)[C@H](CCC(=O)C1CC(Cc2ccc3c(n2)CCCC3)C1)NS(=O)(=O)c1c(C)cc(C)cc1C. The number of hydrogen-bond donors (Lipinski definition) is 1. The van der Waals surface area contributed by atoms with E-state index in [1.165, 1.54) is 24.1 Å². The van der Waals surface area contributed by atoms with Gasteiger partial charge >= 0.3 is 5.97 Å². The number of ketones is 1. The molecule has 1 aromatic carbocycles. The Balaban J connectivity index is 1.33. The predicted molar refractivity (Wildman–Crippen MR) is 146 cm³/mol. The van der Waals surface area contributed by atoms with Crippen LogP contribution in [0.5, 0.6) is 0 Å². The number of carbonyl (C=O) groups is 2. The van der Waals surface area contributed by atoms with E-state index >= 15 is 0 Å². The van der Waals surface area contributed by atoms with E-state index in [4.69, 9.17) is 9.72 Å². The summed E-state index contributed by atoms with van der Waals surface area (Å²) in [6, 6.07) is 6.84. The molecule has 0 aliphatic heterocycles. The number of carbonyl (C=O) groups excluding carboxylic acids is 2. The summed E-state index contributed by atoms with van der Waals surface area (Å²) in [7, 11) is -3.98. The molecule has 4 rings (SSSR count). The zero-order valence-electron chi connectivity index (χ0n) is 23.0. The fraction of sp³-hybridized carbons (Fsp3) is 0.567. The summed E-state index contributed by atoms with van der Waals surface area (Å²) in [5.41, 5.74) is 5.92. The minimum atomic E-state index is -3.98. The first-order valence-corrected chi connectivity index (χ1v) is 15.3. The Morgan fingerprint density at radius 3 is 2.45 bits per heavy atom. The number of Topliss-reactive ketones (excluding diaryl/α,β-unsaturated/α-hetero) is 1. The van der Waals surface area contributed by atoms with Gasteiger partial charge < -0.3 is 4.74 Å². The fourth-order valence-corrected chi connectivity index (χ4v) is 7.67. The number of esters is 1. The summed E-state index contributed by atoms with van der Waals surface area (Å²) >= 11 is 0. The monoisotopic (exact) mass is 540 g/mol. The Bertz CT molecular complexity index is 1270. The highest BCUT2D eigenvalue weighted by Crippen LogP contribution is 2.37. The van der Waals surface area contributed by atoms with Gasteiger partial charge in [0, 0.05) is 23.7 Å². The molecular weight excluding hydrogens is 500 g/mol. The number of fused-ring (bicyclic) bond motifs is 1. The van der Waals surface area contributed by atoms with Gasteiger partial charge in [0.2, 0.25) is 10.0 Å². The molecule has 0 unspecified atom stereocenters. The zero-order valence-corrected chi connectivity index (χ0v) is 23.8. The van der Waals surface area contributed by atoms with Gasteiger partial charge in [-0.1, -0.05) is 23.8 Å². The van der Waals surface area contributed by atoms with Gasteiger partial charge in [-0.2, -0.15) is 4.72 Å². The highest BCUT2D eigenvalue weighted by molar-refractivity contribution is 7.89. The Hall–Kier alpha value is -2.58. The summed E-state index contributed by atoms with van der Waals surface area (Å²) in [4.78, 5) is 30.6. The molecule has 1 atom stereocenters. The van der Waals surface area contributed by atoms with Gasteiger partial charge in [-0.15, -0.1) is 0 Å². The Kier molecular flexibility index (Phi) is 9.04. The van der Waals surface area contributed by atoms with Crippen molar-refractivity contribution >= 4 is 21.8 Å². The molecule has 0 saturated heterocycles. The number of rotatable bonds is 11. The van der Waals surface area contributed by atoms with Crippen molar-refractivity contribution in [2.45, 2.75) is 96.4 Å². The molecule has 2 aromatic rings. The van der Waals surface area contributed by atoms with Gasteiger partial charge in [0.15, 0.2) is 0 Å². The lowest BCUT2D eigenvalue weighted by atomic mass is 9.70. The lowest BCUT2D eigenvalue weighted by molar-refractivity contribution is -0.145. The van der Waals surface area contributed by atoms with Crippen LogP contribution in [-0.4, -0.2) is 37.8 Å². The van der Waals surface area contributed by atoms with E-state index in [1.54, 1.807) is 32.9 Å². The van der Waals surface area contributed by atoms with Crippen LogP contribution < -0.4 is 4.72 Å². The average Bonchev–Trinajstić information content (AvgIpc) is 2.82. The third-order valence-electron chi connectivity index (χ3n) is 7.85. The summed E-state index contributed by atoms with van der Waals surface area (Å²) in [5.74, 6) is -0.185. The minimum Gasteiger partial charge on any atom is -0.465 e. The third kappa shape index (κ3) is 6.70. The number of pyridine rings is 1. The van der Waals surface area contributed by atoms with Crippen LogP contribution in [0.2, 0.25) is 0 Å². The summed E-state index contributed by atoms with van der Waals surface area (Å²) in [6.07, 6.45) is 7.35. The van der Waals surface area contributed by atoms with E-state index in [9.17, 15) is 18.0 Å². The third-order valence-corrected chi connectivity index (χ3v) is 9.62. The van der Waals surface area contributed by atoms with Crippen molar-refractivity contribution in [3.8, 4) is 0 Å². The van der Waals surface area contributed by atoms with Crippen LogP contribution in [0.25, 0.3) is 0 Å². The number of nitrogens with one attached hydrogen (secondary N) is 1. The van der Waals surface area contributed by atoms with E-state index in [0.29, 0.717) is 17.0 Å². The van der Waals surface area contributed by atoms with Crippen molar-refractivity contribution in [2.75, 3.05) is 6.61 Å². The van der Waals surface area contributed by atoms with Gasteiger partial charge in [0.25, 0.3) is 0 Å². The second kappa shape index (κ2) is 12.1. The van der Waals surface area contributed by atoms with Crippen molar-refractivity contribution in [3.63, 3.8) is 0 Å². The van der Waals surface area contributed by atoms with Crippen molar-refractivity contribution in [2.24, 2.45) is 11.8 Å². The number of benzene rings is 1. The number of aromatic nitrogens is 1. The lowest BCUT2D eigenvalue weighted by Gasteiger charge is -2.34. The quantitative estimate of drug-likeness (QED) is 0.414. The molecule has 0 bridgehead atoms. The molecule has 2 aliphatic carbocycles. The van der Waals surface area contributed by atoms with Crippen LogP contribution >= 0.6 is 0 Å². The summed E-state index contributed by atoms with van der Waals surface area (Å²) < 4.78 is 34.2. The Morgan fingerprint density at radius 1 is 1.08 bits per heavy atom. The van der Waals surface area contributed by atoms with Crippen LogP contribution in [0.15, 0.2) is 29.2 Å². The van der Waals surface area contributed by atoms with Gasteiger partial charge in [-0.05, 0) is 108 Å². The van der Waals surface area contributed by atoms with Crippen molar-refractivity contribution in [1.29, 1.82) is 0 Å². The van der Waals surface area contributed by atoms with Gasteiger partial charge in [0.05, 0.1) is 11.5 Å². The molecule has 7 nitrogen and oxygen atoms in total. The van der Waals surface area contributed by atoms with Crippen molar-refractivity contribution in [1.82, 2.24) is 9.71 Å². The van der Waals surface area contributed by atoms with E-state index < -0.39 is 22.0 Å². The second-order valence-corrected chi connectivity index (χ2v) is 12.7. The Morgan fingerprint density at radius 2 is 1.76 bits per heavy atom. The first-order valence-electron chi connectivity index (χ1n) is 13.8. The topological polar surface area (TPSA) is 102 Å². The summed E-state index contributed by atoms with van der Waals surface area (Å²) in [5, 5.41) is 0. The van der Waals surface area contributed by atoms with Crippen LogP contribution in [0, 0.1) is 32.6 Å². The van der Waals surface area contributed by atoms with E-state index in [2.05, 4.69) is 16.9 Å². The maximum Gasteiger partial charge on any atom is 0.324 e. The van der Waals surface area contributed by atoms with Crippen molar-refractivity contribution in [3.05, 3.63) is 57.9 Å². The van der Waals surface area contributed by atoms with Gasteiger partial charge in [0.1, 0.15) is 11.8 Å². The smallest absolute Gasteiger partial charge is 0.324 e. The van der Waals surface area contributed by atoms with Gasteiger partial charge in [-0.3, -0.25) is 14.6 Å². The molecule has 0 radical (unpaired) electrons. The van der Waals surface area contributed by atoms with E-state index in [-0.39, 0.29) is 36.0 Å². The van der Waals surface area contributed by atoms with Crippen LogP contribution in [0.4, 0.5) is 0 Å². The first-order chi connectivity index (χ1) is 18.1. The largest absolute Gasteiger partial charge is 0.465 e. The molecule has 1 aromatic heterocycles. The molecular formula is C30H40N2O5S. The molecule has 1 N–H and O–H groups in total. The standard InChI is InChI=1S/C30H40N2O5S/c1-5-37-30(34)27(32-38(35,36)29-20(3)14-19(2)15-21(29)4)12-13-28(33)24-16-22(17-24)18-25-11-10-23-8-6-7-9-26(23)31-25/h10-11,14-15,22,24,27,32H,5-9,12-13,16-18H2,1-4H3/t22?,24?,27-/m0/s1. The molecule has 38 heavy (non-hydrogen) atoms. The normalized spacial score (nSPS) is 19.8. The van der Waals surface area contributed by atoms with Crippen LogP contribution in [-0.2, 0) is 43.6 Å². The predicted octanol–water partition coefficient (Wildman–Crippen LogP) is 4.71. The zero-order chi connectivity index (χ0) is 27.4. The molecule has 2 aliphatic rings. The average molecular weight is 541 g/mol. The summed E-state index contributed by atoms with van der Waals surface area (Å²) in [6.45, 7) is 7.20. The number of ether oxygens (including phenoxy) is 1. The maximum absolute atomic E-state index is 13.2. The minimum absolute atomic E-state index is 0.0429. The number of sulfonamides is 1. The highest BCUT2D eigenvalue weighted by Gasteiger charge is 2.36. The van der Waals surface area contributed by atoms with Gasteiger partial charge in [-0.25, -0.2) is 8.42 Å². The highest BCUT2D eigenvalue weighted by atomic mass is 32.2. The number of aryl methyl sites for hydroxylation is 5. The molecule has 1 fully saturated rings. The molecule has 1 saturated carbocycles.